The Hall–Kier alpha value is -1.85. The fraction of sp³-hybridized carbons (Fsp3) is 0.333. The van der Waals surface area contributed by atoms with Crippen molar-refractivity contribution in [1.82, 2.24) is 15.3 Å². The van der Waals surface area contributed by atoms with Crippen LogP contribution in [-0.4, -0.2) is 23.2 Å². The van der Waals surface area contributed by atoms with Gasteiger partial charge < -0.3 is 14.8 Å². The third-order valence-corrected chi connectivity index (χ3v) is 3.41. The summed E-state index contributed by atoms with van der Waals surface area (Å²) < 4.78 is 11.1. The molecule has 0 saturated carbocycles. The lowest BCUT2D eigenvalue weighted by molar-refractivity contribution is 0.171. The van der Waals surface area contributed by atoms with E-state index >= 15 is 0 Å². The molecular weight excluding hydrogens is 290 g/mol. The van der Waals surface area contributed by atoms with Crippen LogP contribution < -0.4 is 14.8 Å². The van der Waals surface area contributed by atoms with Crippen LogP contribution in [0.5, 0.6) is 11.5 Å². The first-order valence-corrected chi connectivity index (χ1v) is 7.17. The molecule has 0 bridgehead atoms. The molecule has 0 spiro atoms. The summed E-state index contributed by atoms with van der Waals surface area (Å²) in [6.07, 6.45) is 1.76. The molecule has 21 heavy (non-hydrogen) atoms. The molecule has 2 aromatic rings. The molecule has 6 heteroatoms. The van der Waals surface area contributed by atoms with Crippen LogP contribution in [0.15, 0.2) is 24.4 Å². The van der Waals surface area contributed by atoms with Gasteiger partial charge in [-0.05, 0) is 30.7 Å². The molecule has 0 aliphatic carbocycles. The smallest absolute Gasteiger partial charge is 0.179 e. The van der Waals surface area contributed by atoms with Gasteiger partial charge in [-0.25, -0.2) is 9.97 Å². The summed E-state index contributed by atoms with van der Waals surface area (Å²) in [5.41, 5.74) is 2.01. The molecule has 1 aromatic heterocycles. The van der Waals surface area contributed by atoms with Crippen LogP contribution in [0, 0.1) is 6.92 Å². The Morgan fingerprint density at radius 2 is 2.10 bits per heavy atom. The number of nitrogens with one attached hydrogen (secondary N) is 1. The van der Waals surface area contributed by atoms with Gasteiger partial charge in [0, 0.05) is 19.3 Å². The van der Waals surface area contributed by atoms with Crippen LogP contribution in [0.25, 0.3) is 0 Å². The maximum Gasteiger partial charge on any atom is 0.179 e. The van der Waals surface area contributed by atoms with E-state index in [1.807, 2.05) is 25.1 Å². The van der Waals surface area contributed by atoms with E-state index in [0.717, 1.165) is 17.1 Å². The minimum absolute atomic E-state index is 0.539. The number of halogens is 1. The highest BCUT2D eigenvalue weighted by Crippen LogP contribution is 2.38. The van der Waals surface area contributed by atoms with Crippen LogP contribution in [0.1, 0.15) is 17.1 Å². The molecule has 1 aliphatic rings. The Morgan fingerprint density at radius 1 is 1.24 bits per heavy atom. The molecule has 110 valence electrons. The Balaban J connectivity index is 1.64. The van der Waals surface area contributed by atoms with Gasteiger partial charge >= 0.3 is 0 Å². The van der Waals surface area contributed by atoms with Crippen molar-refractivity contribution in [3.05, 3.63) is 46.5 Å². The highest BCUT2D eigenvalue weighted by Gasteiger charge is 2.16. The first-order valence-electron chi connectivity index (χ1n) is 6.79. The maximum atomic E-state index is 6.21. The van der Waals surface area contributed by atoms with E-state index in [1.54, 1.807) is 6.20 Å². The highest BCUT2D eigenvalue weighted by molar-refractivity contribution is 6.32. The fourth-order valence-electron chi connectivity index (χ4n) is 2.20. The number of aryl methyl sites for hydroxylation is 1. The van der Waals surface area contributed by atoms with E-state index in [9.17, 15) is 0 Å². The van der Waals surface area contributed by atoms with Gasteiger partial charge in [0.05, 0.1) is 10.7 Å². The summed E-state index contributed by atoms with van der Waals surface area (Å²) in [4.78, 5) is 8.43. The summed E-state index contributed by atoms with van der Waals surface area (Å²) in [5, 5.41) is 3.92. The quantitative estimate of drug-likeness (QED) is 0.940. The van der Waals surface area contributed by atoms with Gasteiger partial charge in [0.25, 0.3) is 0 Å². The van der Waals surface area contributed by atoms with E-state index in [-0.39, 0.29) is 0 Å². The molecule has 0 radical (unpaired) electrons. The van der Waals surface area contributed by atoms with Crippen LogP contribution in [0.2, 0.25) is 5.02 Å². The first kappa shape index (κ1) is 14.1. The predicted octanol–water partition coefficient (Wildman–Crippen LogP) is 2.50. The third kappa shape index (κ3) is 3.43. The highest BCUT2D eigenvalue weighted by atomic mass is 35.5. The molecule has 1 aliphatic heterocycles. The third-order valence-electron chi connectivity index (χ3n) is 3.13. The zero-order valence-corrected chi connectivity index (χ0v) is 12.5. The van der Waals surface area contributed by atoms with Gasteiger partial charge in [0.1, 0.15) is 19.0 Å². The van der Waals surface area contributed by atoms with Crippen LogP contribution in [0.4, 0.5) is 0 Å². The van der Waals surface area contributed by atoms with Crippen LogP contribution in [-0.2, 0) is 13.1 Å². The van der Waals surface area contributed by atoms with E-state index in [1.165, 1.54) is 0 Å². The number of nitrogens with zero attached hydrogens (tertiary/aromatic N) is 2. The Morgan fingerprint density at radius 3 is 2.95 bits per heavy atom. The van der Waals surface area contributed by atoms with E-state index in [2.05, 4.69) is 15.3 Å². The summed E-state index contributed by atoms with van der Waals surface area (Å²) >= 11 is 6.21. The van der Waals surface area contributed by atoms with Crippen molar-refractivity contribution in [2.45, 2.75) is 20.0 Å². The number of hydrogen-bond donors (Lipinski definition) is 1. The number of fused-ring (bicyclic) bond motifs is 1. The molecule has 1 N–H and O–H groups in total. The second-order valence-electron chi connectivity index (χ2n) is 4.80. The Bertz CT molecular complexity index is 649. The lowest BCUT2D eigenvalue weighted by Crippen LogP contribution is -2.17. The summed E-state index contributed by atoms with van der Waals surface area (Å²) in [6.45, 7) is 4.33. The second-order valence-corrected chi connectivity index (χ2v) is 5.21. The monoisotopic (exact) mass is 305 g/mol. The molecule has 5 nitrogen and oxygen atoms in total. The van der Waals surface area contributed by atoms with Crippen molar-refractivity contribution >= 4 is 11.6 Å². The van der Waals surface area contributed by atoms with Crippen LogP contribution in [0.3, 0.4) is 0 Å². The second kappa shape index (κ2) is 6.28. The summed E-state index contributed by atoms with van der Waals surface area (Å²) in [7, 11) is 0. The Kier molecular flexibility index (Phi) is 4.22. The number of ether oxygens (including phenoxy) is 2. The standard InChI is InChI=1S/C15H16ClN3O2/c1-10-18-3-2-12(19-10)9-17-8-11-6-13(16)15-14(7-11)20-4-5-21-15/h2-3,6-7,17H,4-5,8-9H2,1H3. The normalized spacial score (nSPS) is 13.2. The van der Waals surface area contributed by atoms with E-state index in [4.69, 9.17) is 21.1 Å². The molecule has 0 unspecified atom stereocenters. The molecular formula is C15H16ClN3O2. The van der Waals surface area contributed by atoms with Gasteiger partial charge in [-0.2, -0.15) is 0 Å². The van der Waals surface area contributed by atoms with Crippen LogP contribution >= 0.6 is 11.6 Å². The topological polar surface area (TPSA) is 56.3 Å². The number of hydrogen-bond acceptors (Lipinski definition) is 5. The summed E-state index contributed by atoms with van der Waals surface area (Å²) in [6, 6.07) is 5.75. The van der Waals surface area contributed by atoms with Crippen molar-refractivity contribution < 1.29 is 9.47 Å². The largest absolute Gasteiger partial charge is 0.486 e. The van der Waals surface area contributed by atoms with Crippen molar-refractivity contribution in [2.24, 2.45) is 0 Å². The molecule has 0 atom stereocenters. The van der Waals surface area contributed by atoms with Crippen molar-refractivity contribution in [3.8, 4) is 11.5 Å². The van der Waals surface area contributed by atoms with Crippen molar-refractivity contribution in [2.75, 3.05) is 13.2 Å². The molecule has 2 heterocycles. The van der Waals surface area contributed by atoms with Crippen molar-refractivity contribution in [1.29, 1.82) is 0 Å². The van der Waals surface area contributed by atoms with Gasteiger partial charge in [0.15, 0.2) is 11.5 Å². The average Bonchev–Trinajstić information content (AvgIpc) is 2.47. The predicted molar refractivity (Wildman–Crippen MR) is 79.8 cm³/mol. The van der Waals surface area contributed by atoms with Gasteiger partial charge in [-0.15, -0.1) is 0 Å². The first-order chi connectivity index (χ1) is 10.2. The Labute approximate surface area is 128 Å². The van der Waals surface area contributed by atoms with E-state index < -0.39 is 0 Å². The number of rotatable bonds is 4. The number of aromatic nitrogens is 2. The van der Waals surface area contributed by atoms with Crippen molar-refractivity contribution in [3.63, 3.8) is 0 Å². The molecule has 0 fully saturated rings. The van der Waals surface area contributed by atoms with Gasteiger partial charge in [-0.1, -0.05) is 11.6 Å². The lowest BCUT2D eigenvalue weighted by atomic mass is 10.2. The lowest BCUT2D eigenvalue weighted by Gasteiger charge is -2.20. The molecule has 0 saturated heterocycles. The SMILES string of the molecule is Cc1nccc(CNCc2cc(Cl)c3c(c2)OCCO3)n1. The molecule has 3 rings (SSSR count). The van der Waals surface area contributed by atoms with E-state index in [0.29, 0.717) is 42.8 Å². The zero-order chi connectivity index (χ0) is 14.7. The maximum absolute atomic E-state index is 6.21. The number of benzene rings is 1. The van der Waals surface area contributed by atoms with Gasteiger partial charge in [0.2, 0.25) is 0 Å². The van der Waals surface area contributed by atoms with Gasteiger partial charge in [-0.3, -0.25) is 0 Å². The molecule has 1 aromatic carbocycles. The minimum atomic E-state index is 0.539. The molecule has 0 amide bonds. The zero-order valence-electron chi connectivity index (χ0n) is 11.7. The minimum Gasteiger partial charge on any atom is -0.486 e. The summed E-state index contributed by atoms with van der Waals surface area (Å²) in [5.74, 6) is 2.12. The fourth-order valence-corrected chi connectivity index (χ4v) is 2.49. The average molecular weight is 306 g/mol.